The van der Waals surface area contributed by atoms with Gasteiger partial charge in [-0.05, 0) is 18.2 Å². The number of aliphatic carboxylic acids is 1. The van der Waals surface area contributed by atoms with Gasteiger partial charge in [0.2, 0.25) is 0 Å². The number of rotatable bonds is 4. The van der Waals surface area contributed by atoms with Crippen LogP contribution in [-0.2, 0) is 4.79 Å². The molecule has 0 unspecified atom stereocenters. The van der Waals surface area contributed by atoms with Gasteiger partial charge in [-0.1, -0.05) is 0 Å². The van der Waals surface area contributed by atoms with Crippen molar-refractivity contribution in [1.82, 2.24) is 0 Å². The van der Waals surface area contributed by atoms with Gasteiger partial charge in [-0.25, -0.2) is 4.79 Å². The molecule has 1 aromatic carbocycles. The van der Waals surface area contributed by atoms with E-state index in [-0.39, 0.29) is 51.4 Å². The van der Waals surface area contributed by atoms with Crippen LogP contribution in [0.25, 0.3) is 6.08 Å². The number of carbonyl (C=O) groups is 1. The molecule has 1 aromatic rings. The Bertz CT molecular complexity index is 388. The van der Waals surface area contributed by atoms with Gasteiger partial charge in [0.25, 0.3) is 0 Å². The van der Waals surface area contributed by atoms with E-state index in [0.717, 1.165) is 6.08 Å². The van der Waals surface area contributed by atoms with Crippen molar-refractivity contribution < 1.29 is 19.4 Å². The van der Waals surface area contributed by atoms with Gasteiger partial charge in [0, 0.05) is 17.7 Å². The van der Waals surface area contributed by atoms with E-state index in [0.29, 0.717) is 17.1 Å². The van der Waals surface area contributed by atoms with Crippen LogP contribution in [0.2, 0.25) is 0 Å². The zero-order valence-corrected chi connectivity index (χ0v) is 8.56. The zero-order chi connectivity index (χ0) is 11.3. The number of carboxylic acid groups (broad SMARTS) is 1. The summed E-state index contributed by atoms with van der Waals surface area (Å²) in [4.78, 5) is 10.3. The Labute approximate surface area is 137 Å². The molecule has 82 valence electrons. The molecule has 1 N–H and O–H groups in total. The topological polar surface area (TPSA) is 55.8 Å². The van der Waals surface area contributed by atoms with E-state index in [9.17, 15) is 4.79 Å². The fourth-order valence-electron chi connectivity index (χ4n) is 1.12. The molecule has 16 heavy (non-hydrogen) atoms. The molecule has 5 heteroatoms. The van der Waals surface area contributed by atoms with Gasteiger partial charge in [-0.2, -0.15) is 0 Å². The van der Waals surface area contributed by atoms with Crippen LogP contribution in [0.4, 0.5) is 0 Å². The maximum absolute atomic E-state index is 10.3. The van der Waals surface area contributed by atoms with E-state index >= 15 is 0 Å². The van der Waals surface area contributed by atoms with Crippen LogP contribution < -0.4 is 9.47 Å². The molecule has 0 aliphatic rings. The molecule has 0 atom stereocenters. The Balaban J connectivity index is 0.00000225. The SMILES string of the molecule is COc1ccc(C=CC(=O)O)c(OC)c1.[KH]. The third kappa shape index (κ3) is 4.67. The first-order valence-corrected chi connectivity index (χ1v) is 4.30. The molecule has 0 saturated carbocycles. The van der Waals surface area contributed by atoms with Gasteiger partial charge in [-0.3, -0.25) is 0 Å². The standard InChI is InChI=1S/C11H12O4.K.H/c1-14-9-5-3-8(4-6-11(12)13)10(7-9)15-2;;/h3-7H,1-2H3,(H,12,13);;. The van der Waals surface area contributed by atoms with Crippen LogP contribution in [0.1, 0.15) is 5.56 Å². The summed E-state index contributed by atoms with van der Waals surface area (Å²) in [5.41, 5.74) is 0.695. The summed E-state index contributed by atoms with van der Waals surface area (Å²) in [5.74, 6) is 0.249. The van der Waals surface area contributed by atoms with Gasteiger partial charge in [0.1, 0.15) is 11.5 Å². The van der Waals surface area contributed by atoms with Crippen molar-refractivity contribution in [2.45, 2.75) is 0 Å². The van der Waals surface area contributed by atoms with Crippen LogP contribution in [0.3, 0.4) is 0 Å². The van der Waals surface area contributed by atoms with Crippen LogP contribution in [0.15, 0.2) is 24.3 Å². The fourth-order valence-corrected chi connectivity index (χ4v) is 1.12. The summed E-state index contributed by atoms with van der Waals surface area (Å²) >= 11 is 0. The van der Waals surface area contributed by atoms with Gasteiger partial charge >= 0.3 is 57.4 Å². The van der Waals surface area contributed by atoms with Gasteiger partial charge in [-0.15, -0.1) is 0 Å². The Morgan fingerprint density at radius 3 is 2.50 bits per heavy atom. The first kappa shape index (κ1) is 15.7. The monoisotopic (exact) mass is 248 g/mol. The molecule has 4 nitrogen and oxygen atoms in total. The van der Waals surface area contributed by atoms with Crippen LogP contribution in [0, 0.1) is 0 Å². The second kappa shape index (κ2) is 7.86. The number of carboxylic acids is 1. The minimum atomic E-state index is -0.993. The number of hydrogen-bond donors (Lipinski definition) is 1. The summed E-state index contributed by atoms with van der Waals surface area (Å²) in [5, 5.41) is 8.49. The summed E-state index contributed by atoms with van der Waals surface area (Å²) < 4.78 is 10.1. The average molecular weight is 248 g/mol. The molecule has 0 radical (unpaired) electrons. The summed E-state index contributed by atoms with van der Waals surface area (Å²) in [6.45, 7) is 0. The molecule has 0 aromatic heterocycles. The quantitative estimate of drug-likeness (QED) is 0.641. The minimum absolute atomic E-state index is 0. The third-order valence-corrected chi connectivity index (χ3v) is 1.85. The number of hydrogen-bond acceptors (Lipinski definition) is 3. The van der Waals surface area contributed by atoms with Crippen molar-refractivity contribution in [2.75, 3.05) is 14.2 Å². The van der Waals surface area contributed by atoms with Crippen LogP contribution in [0.5, 0.6) is 11.5 Å². The van der Waals surface area contributed by atoms with Gasteiger partial charge < -0.3 is 14.6 Å². The van der Waals surface area contributed by atoms with E-state index < -0.39 is 5.97 Å². The molecule has 0 heterocycles. The molecule has 0 amide bonds. The first-order valence-electron chi connectivity index (χ1n) is 4.30. The molecule has 0 spiro atoms. The van der Waals surface area contributed by atoms with Gasteiger partial charge in [0.05, 0.1) is 14.2 Å². The number of methoxy groups -OCH3 is 2. The molecular weight excluding hydrogens is 235 g/mol. The first-order chi connectivity index (χ1) is 7.17. The van der Waals surface area contributed by atoms with Crippen molar-refractivity contribution in [2.24, 2.45) is 0 Å². The molecule has 0 bridgehead atoms. The Morgan fingerprint density at radius 2 is 2.00 bits per heavy atom. The average Bonchev–Trinajstić information content (AvgIpc) is 2.25. The Morgan fingerprint density at radius 1 is 1.31 bits per heavy atom. The second-order valence-electron chi connectivity index (χ2n) is 2.78. The molecule has 1 rings (SSSR count). The molecule has 0 saturated heterocycles. The normalized spacial score (nSPS) is 9.62. The molecule has 0 fully saturated rings. The molecule has 0 aliphatic carbocycles. The van der Waals surface area contributed by atoms with E-state index in [2.05, 4.69) is 0 Å². The third-order valence-electron chi connectivity index (χ3n) is 1.85. The maximum atomic E-state index is 10.3. The molecule has 0 aliphatic heterocycles. The Kier molecular flexibility index (Phi) is 7.70. The summed E-state index contributed by atoms with van der Waals surface area (Å²) in [6, 6.07) is 5.17. The molecular formula is C11H13KO4. The number of benzene rings is 1. The van der Waals surface area contributed by atoms with Crippen molar-refractivity contribution >= 4 is 63.4 Å². The predicted molar refractivity (Wildman–Crippen MR) is 63.4 cm³/mol. The number of ether oxygens (including phenoxy) is 2. The second-order valence-corrected chi connectivity index (χ2v) is 2.78. The van der Waals surface area contributed by atoms with Crippen molar-refractivity contribution in [3.63, 3.8) is 0 Å². The van der Waals surface area contributed by atoms with Crippen LogP contribution in [-0.4, -0.2) is 76.7 Å². The van der Waals surface area contributed by atoms with Crippen molar-refractivity contribution in [1.29, 1.82) is 0 Å². The summed E-state index contributed by atoms with van der Waals surface area (Å²) in [6.07, 6.45) is 2.53. The van der Waals surface area contributed by atoms with Crippen LogP contribution >= 0.6 is 0 Å². The Hall–Kier alpha value is -0.334. The van der Waals surface area contributed by atoms with E-state index in [1.807, 2.05) is 0 Å². The predicted octanol–water partition coefficient (Wildman–Crippen LogP) is 1.15. The fraction of sp³-hybridized carbons (Fsp3) is 0.182. The van der Waals surface area contributed by atoms with Gasteiger partial charge in [0.15, 0.2) is 0 Å². The summed E-state index contributed by atoms with van der Waals surface area (Å²) in [7, 11) is 3.08. The van der Waals surface area contributed by atoms with Crippen molar-refractivity contribution in [3.05, 3.63) is 29.8 Å². The zero-order valence-electron chi connectivity index (χ0n) is 8.56. The van der Waals surface area contributed by atoms with E-state index in [4.69, 9.17) is 14.6 Å². The van der Waals surface area contributed by atoms with Crippen molar-refractivity contribution in [3.8, 4) is 11.5 Å². The van der Waals surface area contributed by atoms with E-state index in [1.54, 1.807) is 25.3 Å². The van der Waals surface area contributed by atoms with E-state index in [1.165, 1.54) is 13.2 Å².